The summed E-state index contributed by atoms with van der Waals surface area (Å²) in [5, 5.41) is 13.7. The lowest BCUT2D eigenvalue weighted by atomic mass is 9.76. The summed E-state index contributed by atoms with van der Waals surface area (Å²) in [5.74, 6) is 0.835. The van der Waals surface area contributed by atoms with Crippen LogP contribution in [0.1, 0.15) is 25.0 Å². The third kappa shape index (κ3) is 6.17. The van der Waals surface area contributed by atoms with Crippen molar-refractivity contribution in [3.05, 3.63) is 224 Å². The Balaban J connectivity index is 1.18. The summed E-state index contributed by atoms with van der Waals surface area (Å²) in [4.78, 5) is 10.7. The molecule has 0 fully saturated rings. The van der Waals surface area contributed by atoms with Crippen molar-refractivity contribution in [2.75, 3.05) is 0 Å². The van der Waals surface area contributed by atoms with Crippen LogP contribution in [0.2, 0.25) is 0 Å². The maximum atomic E-state index is 11.4. The van der Waals surface area contributed by atoms with Gasteiger partial charge in [-0.25, -0.2) is 4.98 Å². The number of aromatic nitrogens is 4. The topological polar surface area (TPSA) is 55.9 Å². The zero-order valence-corrected chi connectivity index (χ0v) is 34.4. The van der Waals surface area contributed by atoms with Crippen LogP contribution in [0.4, 0.5) is 0 Å². The number of fused-ring (bicyclic) bond motifs is 4. The zero-order chi connectivity index (χ0) is 41.8. The minimum Gasteiger partial charge on any atom is -0.507 e. The molecule has 0 aliphatic carbocycles. The number of hydrogen-bond acceptors (Lipinski definition) is 3. The molecular weight excluding hydrogens is 757 g/mol. The van der Waals surface area contributed by atoms with E-state index in [1.807, 2.05) is 30.5 Å². The van der Waals surface area contributed by atoms with Gasteiger partial charge in [-0.05, 0) is 82.9 Å². The summed E-state index contributed by atoms with van der Waals surface area (Å²) in [5.41, 5.74) is 14.9. The van der Waals surface area contributed by atoms with Crippen LogP contribution in [0.3, 0.4) is 0 Å². The Bertz CT molecular complexity index is 3440. The Morgan fingerprint density at radius 1 is 0.452 bits per heavy atom. The van der Waals surface area contributed by atoms with E-state index in [1.54, 1.807) is 6.07 Å². The Hall–Kier alpha value is -8.02. The molecule has 0 amide bonds. The monoisotopic (exact) mass is 798 g/mol. The normalized spacial score (nSPS) is 11.8. The fraction of sp³-hybridized carbons (Fsp3) is 0.0526. The Morgan fingerprint density at radius 2 is 1.08 bits per heavy atom. The molecule has 0 atom stereocenters. The minimum atomic E-state index is -0.349. The van der Waals surface area contributed by atoms with Crippen LogP contribution in [0.5, 0.6) is 5.75 Å². The predicted octanol–water partition coefficient (Wildman–Crippen LogP) is 14.2. The molecule has 0 unspecified atom stereocenters. The predicted molar refractivity (Wildman–Crippen MR) is 255 cm³/mol. The maximum Gasteiger partial charge on any atom is 0.149 e. The maximum absolute atomic E-state index is 11.4. The first kappa shape index (κ1) is 37.0. The van der Waals surface area contributed by atoms with E-state index in [1.165, 1.54) is 10.9 Å². The third-order valence-electron chi connectivity index (χ3n) is 12.4. The summed E-state index contributed by atoms with van der Waals surface area (Å²) in [7, 11) is 0. The number of imidazole rings is 1. The minimum absolute atomic E-state index is 0.172. The second-order valence-electron chi connectivity index (χ2n) is 16.4. The van der Waals surface area contributed by atoms with Crippen LogP contribution in [0.25, 0.3) is 89.1 Å². The molecule has 0 saturated heterocycles. The molecule has 0 spiro atoms. The van der Waals surface area contributed by atoms with Crippen molar-refractivity contribution in [3.63, 3.8) is 0 Å². The number of hydrogen-bond donors (Lipinski definition) is 1. The average molecular weight is 799 g/mol. The van der Waals surface area contributed by atoms with Crippen LogP contribution >= 0.6 is 0 Å². The average Bonchev–Trinajstić information content (AvgIpc) is 3.88. The van der Waals surface area contributed by atoms with Gasteiger partial charge in [-0.2, -0.15) is 0 Å². The molecule has 3 aromatic heterocycles. The van der Waals surface area contributed by atoms with E-state index in [9.17, 15) is 5.11 Å². The van der Waals surface area contributed by atoms with Crippen LogP contribution in [-0.4, -0.2) is 24.2 Å². The molecular formula is C57H42N4O. The van der Waals surface area contributed by atoms with Gasteiger partial charge in [0.1, 0.15) is 11.6 Å². The van der Waals surface area contributed by atoms with E-state index in [4.69, 9.17) is 9.97 Å². The fourth-order valence-electron chi connectivity index (χ4n) is 9.14. The second-order valence-corrected chi connectivity index (χ2v) is 16.4. The van der Waals surface area contributed by atoms with E-state index >= 15 is 0 Å². The van der Waals surface area contributed by atoms with E-state index < -0.39 is 0 Å². The van der Waals surface area contributed by atoms with Gasteiger partial charge in [-0.1, -0.05) is 159 Å². The zero-order valence-electron chi connectivity index (χ0n) is 34.4. The van der Waals surface area contributed by atoms with Gasteiger partial charge in [0.2, 0.25) is 0 Å². The fourth-order valence-corrected chi connectivity index (χ4v) is 9.14. The summed E-state index contributed by atoms with van der Waals surface area (Å²) in [6.07, 6.45) is 2.03. The van der Waals surface area contributed by atoms with E-state index in [0.717, 1.165) is 77.9 Å². The lowest BCUT2D eigenvalue weighted by Gasteiger charge is -2.27. The lowest BCUT2D eigenvalue weighted by molar-refractivity contribution is 0.477. The van der Waals surface area contributed by atoms with Gasteiger partial charge in [-0.15, -0.1) is 0 Å². The Labute approximate surface area is 360 Å². The van der Waals surface area contributed by atoms with Crippen molar-refractivity contribution < 1.29 is 5.11 Å². The molecule has 11 rings (SSSR count). The first-order valence-electron chi connectivity index (χ1n) is 21.1. The SMILES string of the molecule is CC(C)(c1ccccc1)c1cc(-c2cc3c(cn2)c2ccccc2n3-c2ccccc2)cc(-c2cccc3c2nc(-c2ccccc2O)n3-c2ccccc2-c2ccccc2)c1. The van der Waals surface area contributed by atoms with Gasteiger partial charge in [0.15, 0.2) is 0 Å². The van der Waals surface area contributed by atoms with Crippen molar-refractivity contribution in [2.45, 2.75) is 19.3 Å². The van der Waals surface area contributed by atoms with Crippen molar-refractivity contribution in [1.82, 2.24) is 19.1 Å². The van der Waals surface area contributed by atoms with Gasteiger partial charge in [0.25, 0.3) is 0 Å². The molecule has 0 aliphatic rings. The molecule has 8 aromatic carbocycles. The van der Waals surface area contributed by atoms with Crippen molar-refractivity contribution >= 4 is 32.8 Å². The van der Waals surface area contributed by atoms with E-state index in [2.05, 4.69) is 199 Å². The molecule has 3 heterocycles. The third-order valence-corrected chi connectivity index (χ3v) is 12.4. The number of pyridine rings is 1. The summed E-state index contributed by atoms with van der Waals surface area (Å²) in [6.45, 7) is 4.59. The molecule has 11 aromatic rings. The molecule has 0 aliphatic heterocycles. The van der Waals surface area contributed by atoms with Crippen LogP contribution in [0, 0.1) is 0 Å². The van der Waals surface area contributed by atoms with E-state index in [-0.39, 0.29) is 11.2 Å². The number of benzene rings is 8. The molecule has 0 bridgehead atoms. The summed E-state index contributed by atoms with van der Waals surface area (Å²) < 4.78 is 4.54. The highest BCUT2D eigenvalue weighted by Crippen LogP contribution is 2.43. The summed E-state index contributed by atoms with van der Waals surface area (Å²) in [6, 6.07) is 71.7. The van der Waals surface area contributed by atoms with Crippen LogP contribution in [0.15, 0.2) is 212 Å². The number of rotatable bonds is 8. The Kier molecular flexibility index (Phi) is 8.90. The Morgan fingerprint density at radius 3 is 1.87 bits per heavy atom. The quantitative estimate of drug-likeness (QED) is 0.167. The number of para-hydroxylation sites is 5. The molecule has 62 heavy (non-hydrogen) atoms. The lowest BCUT2D eigenvalue weighted by Crippen LogP contribution is -2.19. The molecule has 5 heteroatoms. The highest BCUT2D eigenvalue weighted by atomic mass is 16.3. The second kappa shape index (κ2) is 14.9. The van der Waals surface area contributed by atoms with Gasteiger partial charge in [0.05, 0.1) is 39.0 Å². The molecule has 5 nitrogen and oxygen atoms in total. The van der Waals surface area contributed by atoms with E-state index in [0.29, 0.717) is 11.4 Å². The number of aromatic hydroxyl groups is 1. The van der Waals surface area contributed by atoms with Gasteiger partial charge < -0.3 is 9.67 Å². The first-order valence-corrected chi connectivity index (χ1v) is 21.1. The van der Waals surface area contributed by atoms with Crippen molar-refractivity contribution in [1.29, 1.82) is 0 Å². The van der Waals surface area contributed by atoms with Crippen molar-refractivity contribution in [2.24, 2.45) is 0 Å². The molecule has 0 radical (unpaired) electrons. The molecule has 0 saturated carbocycles. The molecule has 296 valence electrons. The summed E-state index contributed by atoms with van der Waals surface area (Å²) >= 11 is 0. The van der Waals surface area contributed by atoms with Crippen LogP contribution < -0.4 is 0 Å². The number of nitrogens with zero attached hydrogens (tertiary/aromatic N) is 4. The highest BCUT2D eigenvalue weighted by Gasteiger charge is 2.27. The molecule has 1 N–H and O–H groups in total. The van der Waals surface area contributed by atoms with Gasteiger partial charge in [-0.3, -0.25) is 9.55 Å². The highest BCUT2D eigenvalue weighted by molar-refractivity contribution is 6.09. The number of phenols is 1. The number of phenolic OH excluding ortho intramolecular Hbond substituents is 1. The van der Waals surface area contributed by atoms with Crippen LogP contribution in [-0.2, 0) is 5.41 Å². The standard InChI is InChI=1S/C57H42N4O/c1-57(2,41-21-8-4-9-22-41)42-34-39(33-40(35-42)49-36-53-48(37-58-49)46-26-13-16-30-51(46)60(53)43-23-10-5-11-24-43)45-28-18-31-52-55(45)59-56(47-27-14-17-32-54(47)62)61(52)50-29-15-12-25-44(50)38-19-6-3-7-20-38/h3-37,62H,1-2H3. The van der Waals surface area contributed by atoms with Gasteiger partial charge in [0, 0.05) is 44.8 Å². The largest absolute Gasteiger partial charge is 0.507 e. The smallest absolute Gasteiger partial charge is 0.149 e. The first-order chi connectivity index (χ1) is 30.4. The van der Waals surface area contributed by atoms with Crippen molar-refractivity contribution in [3.8, 4) is 62.0 Å². The van der Waals surface area contributed by atoms with Gasteiger partial charge >= 0.3 is 0 Å².